The molecule has 1 amide bonds. The van der Waals surface area contributed by atoms with Crippen LogP contribution in [0.15, 0.2) is 48.8 Å². The number of fused-ring (bicyclic) bond motifs is 2. The second kappa shape index (κ2) is 5.65. The highest BCUT2D eigenvalue weighted by Gasteiger charge is 2.36. The third kappa shape index (κ3) is 2.67. The third-order valence-corrected chi connectivity index (χ3v) is 4.71. The van der Waals surface area contributed by atoms with E-state index in [4.69, 9.17) is 0 Å². The Labute approximate surface area is 134 Å². The minimum atomic E-state index is -0.259. The molecule has 4 nitrogen and oxygen atoms in total. The lowest BCUT2D eigenvalue weighted by Crippen LogP contribution is -2.43. The Bertz CT molecular complexity index is 750. The fraction of sp³-hybridized carbons (Fsp3) is 0.333. The van der Waals surface area contributed by atoms with Crippen molar-refractivity contribution in [2.24, 2.45) is 0 Å². The van der Waals surface area contributed by atoms with Crippen LogP contribution in [0.3, 0.4) is 0 Å². The summed E-state index contributed by atoms with van der Waals surface area (Å²) in [6.07, 6.45) is 11.0. The summed E-state index contributed by atoms with van der Waals surface area (Å²) in [6.45, 7) is 0.252. The normalized spacial score (nSPS) is 22.6. The number of benzene rings is 1. The van der Waals surface area contributed by atoms with Gasteiger partial charge in [0.15, 0.2) is 0 Å². The molecule has 4 rings (SSSR count). The average Bonchev–Trinajstić information content (AvgIpc) is 3.10. The van der Waals surface area contributed by atoms with Crippen LogP contribution < -0.4 is 0 Å². The molecule has 1 fully saturated rings. The molecule has 0 saturated carbocycles. The molecule has 0 radical (unpaired) electrons. The summed E-state index contributed by atoms with van der Waals surface area (Å²) in [6, 6.07) is 6.89. The summed E-state index contributed by atoms with van der Waals surface area (Å²) in [7, 11) is 0. The van der Waals surface area contributed by atoms with Crippen molar-refractivity contribution >= 4 is 5.91 Å². The number of halogens is 1. The van der Waals surface area contributed by atoms with Crippen LogP contribution in [0.1, 0.15) is 19.3 Å². The Morgan fingerprint density at radius 3 is 2.83 bits per heavy atom. The lowest BCUT2D eigenvalue weighted by molar-refractivity contribution is -0.134. The van der Waals surface area contributed by atoms with Crippen molar-refractivity contribution in [3.8, 4) is 11.1 Å². The van der Waals surface area contributed by atoms with Crippen LogP contribution in [0, 0.1) is 5.82 Å². The molecule has 2 aliphatic rings. The van der Waals surface area contributed by atoms with Crippen molar-refractivity contribution < 1.29 is 9.18 Å². The number of amides is 1. The standard InChI is InChI=1S/C18H18FN3O/c19-15-6-4-13(5-7-15)14-10-20-21(11-14)12-18(23)22-16-2-1-3-17(22)9-8-16/h1-2,4-7,10-11,16-17H,3,8-9,12H2. The molecule has 1 aromatic carbocycles. The molecule has 5 heteroatoms. The van der Waals surface area contributed by atoms with Crippen molar-refractivity contribution in [1.82, 2.24) is 14.7 Å². The zero-order valence-electron chi connectivity index (χ0n) is 12.7. The van der Waals surface area contributed by atoms with Gasteiger partial charge in [0.1, 0.15) is 12.4 Å². The smallest absolute Gasteiger partial charge is 0.245 e. The van der Waals surface area contributed by atoms with Gasteiger partial charge in [0.25, 0.3) is 0 Å². The fourth-order valence-electron chi connectivity index (χ4n) is 3.58. The molecule has 118 valence electrons. The Hall–Kier alpha value is -2.43. The summed E-state index contributed by atoms with van der Waals surface area (Å²) >= 11 is 0. The van der Waals surface area contributed by atoms with E-state index in [1.165, 1.54) is 12.1 Å². The highest BCUT2D eigenvalue weighted by molar-refractivity contribution is 5.77. The fourth-order valence-corrected chi connectivity index (χ4v) is 3.58. The molecule has 2 bridgehead atoms. The van der Waals surface area contributed by atoms with Crippen LogP contribution in [-0.2, 0) is 11.3 Å². The topological polar surface area (TPSA) is 38.1 Å². The average molecular weight is 311 g/mol. The van der Waals surface area contributed by atoms with Gasteiger partial charge in [-0.2, -0.15) is 5.10 Å². The van der Waals surface area contributed by atoms with E-state index in [-0.39, 0.29) is 24.3 Å². The molecular weight excluding hydrogens is 293 g/mol. The number of aromatic nitrogens is 2. The van der Waals surface area contributed by atoms with Gasteiger partial charge in [0, 0.05) is 17.8 Å². The van der Waals surface area contributed by atoms with Gasteiger partial charge in [0.2, 0.25) is 5.91 Å². The Kier molecular flexibility index (Phi) is 3.48. The first kappa shape index (κ1) is 14.2. The van der Waals surface area contributed by atoms with E-state index in [1.807, 2.05) is 11.1 Å². The largest absolute Gasteiger partial charge is 0.331 e. The minimum absolute atomic E-state index is 0.121. The molecule has 2 unspecified atom stereocenters. The van der Waals surface area contributed by atoms with E-state index >= 15 is 0 Å². The second-order valence-corrected chi connectivity index (χ2v) is 6.20. The first-order valence-electron chi connectivity index (χ1n) is 7.97. The highest BCUT2D eigenvalue weighted by atomic mass is 19.1. The van der Waals surface area contributed by atoms with Crippen molar-refractivity contribution in [3.05, 3.63) is 54.6 Å². The molecule has 1 aromatic heterocycles. The molecule has 3 heterocycles. The number of carbonyl (C=O) groups excluding carboxylic acids is 1. The number of carbonyl (C=O) groups is 1. The second-order valence-electron chi connectivity index (χ2n) is 6.20. The van der Waals surface area contributed by atoms with Crippen molar-refractivity contribution in [3.63, 3.8) is 0 Å². The first-order chi connectivity index (χ1) is 11.2. The molecule has 2 aromatic rings. The van der Waals surface area contributed by atoms with Crippen LogP contribution in [-0.4, -0.2) is 32.7 Å². The Balaban J connectivity index is 1.48. The SMILES string of the molecule is O=C(Cn1cc(-c2ccc(F)cc2)cn1)N1C2C=CCC1CC2. The van der Waals surface area contributed by atoms with E-state index in [2.05, 4.69) is 17.3 Å². The Morgan fingerprint density at radius 2 is 2.04 bits per heavy atom. The minimum Gasteiger partial charge on any atom is -0.331 e. The molecule has 0 aliphatic carbocycles. The van der Waals surface area contributed by atoms with Crippen LogP contribution in [0.5, 0.6) is 0 Å². The maximum Gasteiger partial charge on any atom is 0.245 e. The summed E-state index contributed by atoms with van der Waals surface area (Å²) in [5, 5.41) is 4.28. The maximum atomic E-state index is 13.0. The van der Waals surface area contributed by atoms with Crippen molar-refractivity contribution in [2.45, 2.75) is 37.9 Å². The van der Waals surface area contributed by atoms with Gasteiger partial charge < -0.3 is 4.90 Å². The summed E-state index contributed by atoms with van der Waals surface area (Å²) in [4.78, 5) is 14.6. The van der Waals surface area contributed by atoms with Gasteiger partial charge in [-0.1, -0.05) is 24.3 Å². The quantitative estimate of drug-likeness (QED) is 0.817. The van der Waals surface area contributed by atoms with E-state index in [9.17, 15) is 9.18 Å². The predicted molar refractivity (Wildman–Crippen MR) is 85.0 cm³/mol. The highest BCUT2D eigenvalue weighted by Crippen LogP contribution is 2.31. The zero-order valence-corrected chi connectivity index (χ0v) is 12.7. The van der Waals surface area contributed by atoms with Crippen LogP contribution in [0.4, 0.5) is 4.39 Å². The predicted octanol–water partition coefficient (Wildman–Crippen LogP) is 3.01. The van der Waals surface area contributed by atoms with Gasteiger partial charge in [-0.25, -0.2) is 4.39 Å². The maximum absolute atomic E-state index is 13.0. The van der Waals surface area contributed by atoms with Crippen LogP contribution in [0.2, 0.25) is 0 Å². The van der Waals surface area contributed by atoms with Crippen molar-refractivity contribution in [2.75, 3.05) is 0 Å². The number of rotatable bonds is 3. The third-order valence-electron chi connectivity index (χ3n) is 4.71. The van der Waals surface area contributed by atoms with E-state index in [1.54, 1.807) is 23.0 Å². The van der Waals surface area contributed by atoms with Gasteiger partial charge in [-0.15, -0.1) is 0 Å². The molecule has 23 heavy (non-hydrogen) atoms. The molecule has 0 spiro atoms. The van der Waals surface area contributed by atoms with Gasteiger partial charge in [0.05, 0.1) is 12.2 Å². The van der Waals surface area contributed by atoms with Gasteiger partial charge >= 0.3 is 0 Å². The number of hydrogen-bond acceptors (Lipinski definition) is 2. The molecule has 1 saturated heterocycles. The summed E-state index contributed by atoms with van der Waals surface area (Å²) < 4.78 is 14.7. The zero-order chi connectivity index (χ0) is 15.8. The lowest BCUT2D eigenvalue weighted by Gasteiger charge is -2.31. The Morgan fingerprint density at radius 1 is 1.22 bits per heavy atom. The van der Waals surface area contributed by atoms with Gasteiger partial charge in [-0.3, -0.25) is 9.48 Å². The van der Waals surface area contributed by atoms with Crippen LogP contribution >= 0.6 is 0 Å². The molecule has 2 aliphatic heterocycles. The number of nitrogens with zero attached hydrogens (tertiary/aromatic N) is 3. The van der Waals surface area contributed by atoms with E-state index in [0.717, 1.165) is 30.4 Å². The molecule has 2 atom stereocenters. The summed E-state index contributed by atoms with van der Waals surface area (Å²) in [5.74, 6) is -0.138. The lowest BCUT2D eigenvalue weighted by atomic mass is 10.1. The van der Waals surface area contributed by atoms with E-state index < -0.39 is 0 Å². The van der Waals surface area contributed by atoms with Gasteiger partial charge in [-0.05, 0) is 37.0 Å². The summed E-state index contributed by atoms with van der Waals surface area (Å²) in [5.41, 5.74) is 1.78. The first-order valence-corrected chi connectivity index (χ1v) is 7.97. The monoisotopic (exact) mass is 311 g/mol. The van der Waals surface area contributed by atoms with Crippen LogP contribution in [0.25, 0.3) is 11.1 Å². The van der Waals surface area contributed by atoms with E-state index in [0.29, 0.717) is 6.04 Å². The number of hydrogen-bond donors (Lipinski definition) is 0. The molecular formula is C18H18FN3O. The van der Waals surface area contributed by atoms with Crippen molar-refractivity contribution in [1.29, 1.82) is 0 Å². The molecule has 0 N–H and O–H groups in total.